The minimum atomic E-state index is -0.458. The molecule has 1 rings (SSSR count). The topological polar surface area (TPSA) is 87.7 Å². The van der Waals surface area contributed by atoms with Crippen molar-refractivity contribution in [1.29, 1.82) is 0 Å². The number of carbonyl (C=O) groups excluding carboxylic acids is 2. The Bertz CT molecular complexity index is 257. The minimum Gasteiger partial charge on any atom is -0.466 e. The molecule has 16 heavy (non-hydrogen) atoms. The molecule has 6 heteroatoms. The summed E-state index contributed by atoms with van der Waals surface area (Å²) >= 11 is 0. The monoisotopic (exact) mass is 230 g/mol. The summed E-state index contributed by atoms with van der Waals surface area (Å²) in [6.07, 6.45) is 0.140. The summed E-state index contributed by atoms with van der Waals surface area (Å²) in [5.74, 6) is -0.497. The van der Waals surface area contributed by atoms with Crippen LogP contribution >= 0.6 is 0 Å². The number of hydrogen-bond acceptors (Lipinski definition) is 5. The largest absolute Gasteiger partial charge is 0.466 e. The number of nitrogens with one attached hydrogen (secondary N) is 2. The van der Waals surface area contributed by atoms with Crippen LogP contribution in [0, 0.1) is 0 Å². The van der Waals surface area contributed by atoms with Crippen LogP contribution in [0.4, 0.5) is 0 Å². The zero-order valence-corrected chi connectivity index (χ0v) is 9.36. The summed E-state index contributed by atoms with van der Waals surface area (Å²) in [4.78, 5) is 22.5. The average molecular weight is 230 g/mol. The van der Waals surface area contributed by atoms with Gasteiger partial charge < -0.3 is 20.5 Å². The van der Waals surface area contributed by atoms with Gasteiger partial charge >= 0.3 is 5.97 Å². The van der Waals surface area contributed by atoms with Crippen molar-refractivity contribution in [3.8, 4) is 0 Å². The highest BCUT2D eigenvalue weighted by Crippen LogP contribution is 2.05. The fraction of sp³-hybridized carbons (Fsp3) is 0.800. The average Bonchev–Trinajstić information content (AvgIpc) is 2.65. The predicted molar refractivity (Wildman–Crippen MR) is 56.7 cm³/mol. The van der Waals surface area contributed by atoms with Gasteiger partial charge in [-0.3, -0.25) is 9.59 Å². The highest BCUT2D eigenvalue weighted by Gasteiger charge is 2.27. The van der Waals surface area contributed by atoms with Crippen LogP contribution in [0.15, 0.2) is 0 Å². The van der Waals surface area contributed by atoms with Crippen molar-refractivity contribution in [1.82, 2.24) is 10.6 Å². The third-order valence-corrected chi connectivity index (χ3v) is 2.36. The van der Waals surface area contributed by atoms with E-state index in [4.69, 9.17) is 4.74 Å². The van der Waals surface area contributed by atoms with Crippen molar-refractivity contribution >= 4 is 11.9 Å². The van der Waals surface area contributed by atoms with E-state index in [0.29, 0.717) is 19.6 Å². The molecule has 3 N–H and O–H groups in total. The maximum absolute atomic E-state index is 11.5. The van der Waals surface area contributed by atoms with E-state index in [9.17, 15) is 14.7 Å². The van der Waals surface area contributed by atoms with Crippen molar-refractivity contribution in [3.63, 3.8) is 0 Å². The van der Waals surface area contributed by atoms with Gasteiger partial charge in [0.2, 0.25) is 5.91 Å². The van der Waals surface area contributed by atoms with E-state index in [2.05, 4.69) is 10.6 Å². The van der Waals surface area contributed by atoms with E-state index in [-0.39, 0.29) is 30.9 Å². The first-order chi connectivity index (χ1) is 7.63. The van der Waals surface area contributed by atoms with E-state index < -0.39 is 6.10 Å². The molecule has 0 radical (unpaired) electrons. The lowest BCUT2D eigenvalue weighted by Gasteiger charge is -2.10. The number of rotatable bonds is 5. The normalized spacial score (nSPS) is 24.1. The fourth-order valence-corrected chi connectivity index (χ4v) is 1.56. The molecule has 1 heterocycles. The molecule has 6 nitrogen and oxygen atoms in total. The zero-order chi connectivity index (χ0) is 12.0. The van der Waals surface area contributed by atoms with Gasteiger partial charge in [-0.2, -0.15) is 0 Å². The summed E-state index contributed by atoms with van der Waals surface area (Å²) in [5, 5.41) is 14.7. The van der Waals surface area contributed by atoms with Crippen molar-refractivity contribution in [2.75, 3.05) is 19.7 Å². The summed E-state index contributed by atoms with van der Waals surface area (Å²) in [7, 11) is 0. The van der Waals surface area contributed by atoms with E-state index in [1.807, 2.05) is 0 Å². The van der Waals surface area contributed by atoms with E-state index in [0.717, 1.165) is 0 Å². The Labute approximate surface area is 94.3 Å². The Morgan fingerprint density at radius 1 is 1.56 bits per heavy atom. The molecular formula is C10H18N2O4. The Balaban J connectivity index is 2.13. The Morgan fingerprint density at radius 2 is 2.31 bits per heavy atom. The van der Waals surface area contributed by atoms with Gasteiger partial charge in [-0.25, -0.2) is 0 Å². The number of aliphatic hydroxyl groups is 1. The molecule has 1 saturated heterocycles. The van der Waals surface area contributed by atoms with Gasteiger partial charge in [0.15, 0.2) is 0 Å². The number of ether oxygens (including phenoxy) is 1. The highest BCUT2D eigenvalue weighted by molar-refractivity contribution is 5.82. The van der Waals surface area contributed by atoms with Crippen molar-refractivity contribution in [2.24, 2.45) is 0 Å². The van der Waals surface area contributed by atoms with Gasteiger partial charge in [-0.05, 0) is 13.3 Å². The summed E-state index contributed by atoms with van der Waals surface area (Å²) in [6.45, 7) is 2.80. The third-order valence-electron chi connectivity index (χ3n) is 2.36. The first-order valence-corrected chi connectivity index (χ1v) is 5.48. The number of esters is 1. The van der Waals surface area contributed by atoms with Gasteiger partial charge in [-0.15, -0.1) is 0 Å². The van der Waals surface area contributed by atoms with E-state index >= 15 is 0 Å². The Hall–Kier alpha value is -1.14. The summed E-state index contributed by atoms with van der Waals surface area (Å²) < 4.78 is 4.72. The fourth-order valence-electron chi connectivity index (χ4n) is 1.56. The molecule has 1 aliphatic heterocycles. The minimum absolute atomic E-state index is 0.175. The summed E-state index contributed by atoms with van der Waals surface area (Å²) in [6, 6.07) is -0.350. The Kier molecular flexibility index (Phi) is 5.21. The quantitative estimate of drug-likeness (QED) is 0.515. The van der Waals surface area contributed by atoms with Crippen LogP contribution in [0.5, 0.6) is 0 Å². The molecule has 0 aromatic rings. The lowest BCUT2D eigenvalue weighted by molar-refractivity contribution is -0.143. The van der Waals surface area contributed by atoms with Crippen LogP contribution in [-0.4, -0.2) is 48.8 Å². The van der Waals surface area contributed by atoms with Gasteiger partial charge in [-0.1, -0.05) is 0 Å². The maximum Gasteiger partial charge on any atom is 0.307 e. The van der Waals surface area contributed by atoms with Crippen molar-refractivity contribution in [3.05, 3.63) is 0 Å². The number of hydrogen-bond donors (Lipinski definition) is 3. The number of carbonyl (C=O) groups is 2. The standard InChI is InChI=1S/C10H18N2O4/c1-2-16-9(14)3-4-11-10(15)8-5-7(13)6-12-8/h7-8,12-13H,2-6H2,1H3,(H,11,15). The smallest absolute Gasteiger partial charge is 0.307 e. The van der Waals surface area contributed by atoms with Crippen LogP contribution in [0.25, 0.3) is 0 Å². The first-order valence-electron chi connectivity index (χ1n) is 5.48. The molecule has 1 aliphatic rings. The molecule has 92 valence electrons. The Morgan fingerprint density at radius 3 is 2.88 bits per heavy atom. The molecule has 0 aliphatic carbocycles. The van der Waals surface area contributed by atoms with Crippen molar-refractivity contribution < 1.29 is 19.4 Å². The number of β-amino-alcohol motifs (C(OH)–C–C–N with tert-alkyl or cyclic N) is 1. The second-order valence-corrected chi connectivity index (χ2v) is 3.70. The molecule has 2 atom stereocenters. The first kappa shape index (κ1) is 12.9. The molecule has 1 amide bonds. The molecular weight excluding hydrogens is 212 g/mol. The second-order valence-electron chi connectivity index (χ2n) is 3.70. The highest BCUT2D eigenvalue weighted by atomic mass is 16.5. The van der Waals surface area contributed by atoms with Crippen LogP contribution in [0.1, 0.15) is 19.8 Å². The molecule has 0 saturated carbocycles. The van der Waals surface area contributed by atoms with E-state index in [1.54, 1.807) is 6.92 Å². The van der Waals surface area contributed by atoms with Gasteiger partial charge in [0.1, 0.15) is 0 Å². The van der Waals surface area contributed by atoms with Gasteiger partial charge in [0.05, 0.1) is 25.2 Å². The van der Waals surface area contributed by atoms with Crippen LogP contribution in [0.3, 0.4) is 0 Å². The predicted octanol–water partition coefficient (Wildman–Crippen LogP) is -1.22. The maximum atomic E-state index is 11.5. The van der Waals surface area contributed by atoms with E-state index in [1.165, 1.54) is 0 Å². The van der Waals surface area contributed by atoms with Gasteiger partial charge in [0.25, 0.3) is 0 Å². The molecule has 0 spiro atoms. The zero-order valence-electron chi connectivity index (χ0n) is 9.36. The SMILES string of the molecule is CCOC(=O)CCNC(=O)C1CC(O)CN1. The van der Waals surface area contributed by atoms with Crippen LogP contribution < -0.4 is 10.6 Å². The van der Waals surface area contributed by atoms with Crippen molar-refractivity contribution in [2.45, 2.75) is 31.9 Å². The molecule has 0 aromatic carbocycles. The second kappa shape index (κ2) is 6.44. The lowest BCUT2D eigenvalue weighted by Crippen LogP contribution is -2.41. The molecule has 1 fully saturated rings. The summed E-state index contributed by atoms with van der Waals surface area (Å²) in [5.41, 5.74) is 0. The molecule has 0 aromatic heterocycles. The van der Waals surface area contributed by atoms with Crippen LogP contribution in [-0.2, 0) is 14.3 Å². The number of amides is 1. The lowest BCUT2D eigenvalue weighted by atomic mass is 10.2. The molecule has 0 bridgehead atoms. The van der Waals surface area contributed by atoms with Crippen LogP contribution in [0.2, 0.25) is 0 Å². The third kappa shape index (κ3) is 4.16. The van der Waals surface area contributed by atoms with Gasteiger partial charge in [0, 0.05) is 13.1 Å². The molecule has 2 unspecified atom stereocenters. The number of aliphatic hydroxyl groups excluding tert-OH is 1.